The predicted octanol–water partition coefficient (Wildman–Crippen LogP) is 3.33. The Morgan fingerprint density at radius 2 is 1.75 bits per heavy atom. The first-order valence-corrected chi connectivity index (χ1v) is 9.85. The first-order valence-electron chi connectivity index (χ1n) is 8.41. The minimum Gasteiger partial charge on any atom is -0.298 e. The van der Waals surface area contributed by atoms with Gasteiger partial charge in [0.15, 0.2) is 0 Å². The van der Waals surface area contributed by atoms with Crippen LogP contribution in [0.3, 0.4) is 0 Å². The molecule has 1 aliphatic heterocycles. The van der Waals surface area contributed by atoms with Gasteiger partial charge >= 0.3 is 0 Å². The van der Waals surface area contributed by atoms with Gasteiger partial charge in [-0.2, -0.15) is 4.31 Å². The first kappa shape index (κ1) is 19.7. The molecule has 0 saturated carbocycles. The van der Waals surface area contributed by atoms with Crippen molar-refractivity contribution >= 4 is 22.0 Å². The molecule has 0 amide bonds. The highest BCUT2D eigenvalue weighted by atomic mass is 32.2. The van der Waals surface area contributed by atoms with E-state index in [0.717, 1.165) is 5.56 Å². The molecule has 1 aliphatic rings. The molecular formula is C20H18N2O5S. The largest absolute Gasteiger partial charge is 0.298 e. The van der Waals surface area contributed by atoms with Crippen LogP contribution in [0, 0.1) is 17.0 Å². The zero-order chi connectivity index (χ0) is 20.5. The van der Waals surface area contributed by atoms with Crippen LogP contribution in [0.5, 0.6) is 0 Å². The predicted molar refractivity (Wildman–Crippen MR) is 104 cm³/mol. The number of aldehydes is 1. The van der Waals surface area contributed by atoms with Crippen LogP contribution >= 0.6 is 0 Å². The highest BCUT2D eigenvalue weighted by molar-refractivity contribution is 7.89. The molecule has 1 atom stereocenters. The van der Waals surface area contributed by atoms with Crippen LogP contribution in [0.1, 0.15) is 17.2 Å². The average molecular weight is 398 g/mol. The van der Waals surface area contributed by atoms with Crippen LogP contribution in [-0.2, 0) is 14.8 Å². The summed E-state index contributed by atoms with van der Waals surface area (Å²) in [4.78, 5) is 21.8. The van der Waals surface area contributed by atoms with Gasteiger partial charge in [-0.15, -0.1) is 0 Å². The third kappa shape index (κ3) is 3.64. The molecule has 144 valence electrons. The van der Waals surface area contributed by atoms with E-state index in [0.29, 0.717) is 23.0 Å². The van der Waals surface area contributed by atoms with Crippen LogP contribution < -0.4 is 0 Å². The second kappa shape index (κ2) is 7.49. The molecule has 0 fully saturated rings. The van der Waals surface area contributed by atoms with Crippen molar-refractivity contribution in [1.29, 1.82) is 0 Å². The Morgan fingerprint density at radius 1 is 1.14 bits per heavy atom. The lowest BCUT2D eigenvalue weighted by molar-refractivity contribution is -0.384. The van der Waals surface area contributed by atoms with Gasteiger partial charge in [0.2, 0.25) is 10.0 Å². The number of aryl methyl sites for hydroxylation is 1. The lowest BCUT2D eigenvalue weighted by Gasteiger charge is -2.35. The number of carbonyl (C=O) groups is 1. The summed E-state index contributed by atoms with van der Waals surface area (Å²) in [5.41, 5.74) is 2.06. The number of hydrogen-bond acceptors (Lipinski definition) is 5. The Bertz CT molecular complexity index is 1070. The fourth-order valence-electron chi connectivity index (χ4n) is 3.12. The zero-order valence-electron chi connectivity index (χ0n) is 15.1. The fraction of sp³-hybridized carbons (Fsp3) is 0.150. The number of benzene rings is 2. The summed E-state index contributed by atoms with van der Waals surface area (Å²) >= 11 is 0. The molecular weight excluding hydrogens is 380 g/mol. The molecule has 2 aromatic carbocycles. The van der Waals surface area contributed by atoms with Crippen LogP contribution in [0.4, 0.5) is 5.69 Å². The molecule has 8 heteroatoms. The van der Waals surface area contributed by atoms with E-state index in [-0.39, 0.29) is 17.1 Å². The normalized spacial score (nSPS) is 17.8. The minimum atomic E-state index is -3.94. The maximum atomic E-state index is 13.3. The number of rotatable bonds is 5. The SMILES string of the molecule is C=C1C=C(C=O)CN(S(=O)(=O)c2ccc(C)cc2)C1c1ccc([N+](=O)[O-])cc1. The highest BCUT2D eigenvalue weighted by Gasteiger charge is 2.37. The molecule has 7 nitrogen and oxygen atoms in total. The van der Waals surface area contributed by atoms with Crippen molar-refractivity contribution in [2.24, 2.45) is 0 Å². The molecule has 0 aliphatic carbocycles. The Morgan fingerprint density at radius 3 is 2.29 bits per heavy atom. The number of non-ortho nitro benzene ring substituents is 1. The summed E-state index contributed by atoms with van der Waals surface area (Å²) in [6.45, 7) is 5.67. The van der Waals surface area contributed by atoms with Crippen molar-refractivity contribution in [3.63, 3.8) is 0 Å². The second-order valence-electron chi connectivity index (χ2n) is 6.53. The van der Waals surface area contributed by atoms with Gasteiger partial charge in [0, 0.05) is 24.3 Å². The van der Waals surface area contributed by atoms with Crippen molar-refractivity contribution < 1.29 is 18.1 Å². The number of hydrogen-bond donors (Lipinski definition) is 0. The van der Waals surface area contributed by atoms with Crippen molar-refractivity contribution in [3.05, 3.63) is 93.6 Å². The lowest BCUT2D eigenvalue weighted by atomic mass is 9.94. The van der Waals surface area contributed by atoms with Crippen LogP contribution in [0.2, 0.25) is 0 Å². The van der Waals surface area contributed by atoms with E-state index in [1.54, 1.807) is 18.2 Å². The van der Waals surface area contributed by atoms with E-state index >= 15 is 0 Å². The van der Waals surface area contributed by atoms with Crippen molar-refractivity contribution in [2.75, 3.05) is 6.54 Å². The van der Waals surface area contributed by atoms with Gasteiger partial charge in [0.25, 0.3) is 5.69 Å². The summed E-state index contributed by atoms with van der Waals surface area (Å²) in [7, 11) is -3.94. The van der Waals surface area contributed by atoms with Crippen LogP contribution in [-0.4, -0.2) is 30.5 Å². The zero-order valence-corrected chi connectivity index (χ0v) is 15.9. The van der Waals surface area contributed by atoms with Gasteiger partial charge in [-0.25, -0.2) is 8.42 Å². The van der Waals surface area contributed by atoms with E-state index in [9.17, 15) is 23.3 Å². The average Bonchev–Trinajstić information content (AvgIpc) is 2.67. The number of nitro benzene ring substituents is 1. The third-order valence-electron chi connectivity index (χ3n) is 4.55. The molecule has 0 spiro atoms. The Balaban J connectivity index is 2.10. The lowest BCUT2D eigenvalue weighted by Crippen LogP contribution is -2.39. The minimum absolute atomic E-state index is 0.0952. The monoisotopic (exact) mass is 398 g/mol. The Kier molecular flexibility index (Phi) is 5.26. The summed E-state index contributed by atoms with van der Waals surface area (Å²) in [5.74, 6) is 0. The number of nitrogens with zero attached hydrogens (tertiary/aromatic N) is 2. The number of nitro groups is 1. The van der Waals surface area contributed by atoms with Crippen LogP contribution in [0.15, 0.2) is 77.2 Å². The van der Waals surface area contributed by atoms with E-state index in [1.165, 1.54) is 40.7 Å². The van der Waals surface area contributed by atoms with Gasteiger partial charge in [0.05, 0.1) is 15.9 Å². The first-order chi connectivity index (χ1) is 13.2. The quantitative estimate of drug-likeness (QED) is 0.437. The Hall–Kier alpha value is -3.10. The van der Waals surface area contributed by atoms with Gasteiger partial charge < -0.3 is 0 Å². The van der Waals surface area contributed by atoms with Gasteiger partial charge in [-0.3, -0.25) is 14.9 Å². The molecule has 0 bridgehead atoms. The molecule has 0 radical (unpaired) electrons. The molecule has 0 aromatic heterocycles. The van der Waals surface area contributed by atoms with Gasteiger partial charge in [0.1, 0.15) is 6.29 Å². The van der Waals surface area contributed by atoms with E-state index in [1.807, 2.05) is 6.92 Å². The fourth-order valence-corrected chi connectivity index (χ4v) is 4.72. The standard InChI is InChI=1S/C20H18N2O5S/c1-14-3-9-19(10-4-14)28(26,27)21-12-16(13-23)11-15(2)20(21)17-5-7-18(8-6-17)22(24)25/h3-11,13,20H,2,12H2,1H3. The summed E-state index contributed by atoms with van der Waals surface area (Å²) in [6.07, 6.45) is 2.16. The maximum Gasteiger partial charge on any atom is 0.269 e. The van der Waals surface area contributed by atoms with Crippen molar-refractivity contribution in [1.82, 2.24) is 4.31 Å². The molecule has 0 saturated heterocycles. The second-order valence-corrected chi connectivity index (χ2v) is 8.42. The maximum absolute atomic E-state index is 13.3. The number of sulfonamides is 1. The van der Waals surface area contributed by atoms with Gasteiger partial charge in [-0.1, -0.05) is 36.4 Å². The van der Waals surface area contributed by atoms with E-state index in [4.69, 9.17) is 0 Å². The number of carbonyl (C=O) groups excluding carboxylic acids is 1. The Labute approximate surface area is 162 Å². The molecule has 1 unspecified atom stereocenters. The van der Waals surface area contributed by atoms with Crippen molar-refractivity contribution in [2.45, 2.75) is 17.9 Å². The smallest absolute Gasteiger partial charge is 0.269 e. The van der Waals surface area contributed by atoms with Gasteiger partial charge in [-0.05, 0) is 36.3 Å². The molecule has 0 N–H and O–H groups in total. The van der Waals surface area contributed by atoms with Crippen molar-refractivity contribution in [3.8, 4) is 0 Å². The summed E-state index contributed by atoms with van der Waals surface area (Å²) < 4.78 is 27.8. The topological polar surface area (TPSA) is 97.6 Å². The van der Waals surface area contributed by atoms with E-state index < -0.39 is 21.0 Å². The highest BCUT2D eigenvalue weighted by Crippen LogP contribution is 2.37. The molecule has 2 aromatic rings. The summed E-state index contributed by atoms with van der Waals surface area (Å²) in [5, 5.41) is 10.9. The molecule has 1 heterocycles. The molecule has 28 heavy (non-hydrogen) atoms. The van der Waals surface area contributed by atoms with Crippen LogP contribution in [0.25, 0.3) is 0 Å². The summed E-state index contributed by atoms with van der Waals surface area (Å²) in [6, 6.07) is 11.3. The third-order valence-corrected chi connectivity index (χ3v) is 6.37. The van der Waals surface area contributed by atoms with E-state index in [2.05, 4.69) is 6.58 Å². The molecule has 3 rings (SSSR count).